The van der Waals surface area contributed by atoms with Gasteiger partial charge in [0.1, 0.15) is 11.6 Å². The van der Waals surface area contributed by atoms with E-state index in [9.17, 15) is 0 Å². The van der Waals surface area contributed by atoms with Crippen LogP contribution in [0.4, 0.5) is 11.5 Å². The quantitative estimate of drug-likeness (QED) is 0.940. The van der Waals surface area contributed by atoms with Gasteiger partial charge in [-0.1, -0.05) is 19.1 Å². The Labute approximate surface area is 125 Å². The van der Waals surface area contributed by atoms with Crippen molar-refractivity contribution in [1.29, 1.82) is 0 Å². The van der Waals surface area contributed by atoms with Gasteiger partial charge in [-0.2, -0.15) is 0 Å². The van der Waals surface area contributed by atoms with Gasteiger partial charge in [0.2, 0.25) is 0 Å². The third-order valence-electron chi connectivity index (χ3n) is 3.74. The first-order valence-corrected chi connectivity index (χ1v) is 7.51. The summed E-state index contributed by atoms with van der Waals surface area (Å²) in [4.78, 5) is 7.02. The first kappa shape index (κ1) is 13.9. The van der Waals surface area contributed by atoms with Crippen LogP contribution in [-0.2, 0) is 13.0 Å². The highest BCUT2D eigenvalue weighted by Crippen LogP contribution is 2.35. The minimum atomic E-state index is 0.536. The van der Waals surface area contributed by atoms with E-state index in [0.717, 1.165) is 54.5 Å². The van der Waals surface area contributed by atoms with Crippen molar-refractivity contribution in [2.45, 2.75) is 26.3 Å². The van der Waals surface area contributed by atoms with Crippen LogP contribution in [0.3, 0.4) is 0 Å². The van der Waals surface area contributed by atoms with E-state index in [4.69, 9.17) is 15.5 Å². The zero-order chi connectivity index (χ0) is 14.7. The summed E-state index contributed by atoms with van der Waals surface area (Å²) in [5.41, 5.74) is 9.11. The van der Waals surface area contributed by atoms with Crippen molar-refractivity contribution < 1.29 is 4.74 Å². The van der Waals surface area contributed by atoms with E-state index in [1.165, 1.54) is 0 Å². The molecular formula is C17H21N3O. The number of rotatable bonds is 3. The lowest BCUT2D eigenvalue weighted by atomic mass is 10.1. The van der Waals surface area contributed by atoms with E-state index >= 15 is 0 Å². The number of nitrogens with two attached hydrogens (primary N) is 1. The van der Waals surface area contributed by atoms with Crippen LogP contribution in [0.25, 0.3) is 0 Å². The summed E-state index contributed by atoms with van der Waals surface area (Å²) in [6.45, 7) is 4.30. The molecule has 1 aliphatic rings. The monoisotopic (exact) mass is 283 g/mol. The van der Waals surface area contributed by atoms with Gasteiger partial charge in [0, 0.05) is 18.8 Å². The van der Waals surface area contributed by atoms with E-state index < -0.39 is 0 Å². The van der Waals surface area contributed by atoms with Crippen LogP contribution in [0.1, 0.15) is 24.6 Å². The third kappa shape index (κ3) is 2.85. The molecule has 0 aliphatic carbocycles. The van der Waals surface area contributed by atoms with Crippen molar-refractivity contribution >= 4 is 11.5 Å². The smallest absolute Gasteiger partial charge is 0.142 e. The Kier molecular flexibility index (Phi) is 4.06. The lowest BCUT2D eigenvalue weighted by Gasteiger charge is -2.24. The van der Waals surface area contributed by atoms with Gasteiger partial charge in [-0.3, -0.25) is 0 Å². The third-order valence-corrected chi connectivity index (χ3v) is 3.74. The summed E-state index contributed by atoms with van der Waals surface area (Å²) in [5, 5.41) is 0. The average molecular weight is 283 g/mol. The van der Waals surface area contributed by atoms with Crippen molar-refractivity contribution in [2.75, 3.05) is 18.1 Å². The molecule has 3 rings (SSSR count). The van der Waals surface area contributed by atoms with E-state index in [1.54, 1.807) is 0 Å². The molecule has 1 aliphatic heterocycles. The average Bonchev–Trinajstić information content (AvgIpc) is 2.76. The van der Waals surface area contributed by atoms with Crippen molar-refractivity contribution in [3.05, 3.63) is 47.7 Å². The highest BCUT2D eigenvalue weighted by Gasteiger charge is 2.19. The fraction of sp³-hybridized carbons (Fsp3) is 0.353. The van der Waals surface area contributed by atoms with Crippen molar-refractivity contribution in [3.63, 3.8) is 0 Å². The normalized spacial score (nSPS) is 14.3. The van der Waals surface area contributed by atoms with E-state index in [-0.39, 0.29) is 0 Å². The summed E-state index contributed by atoms with van der Waals surface area (Å²) in [5.74, 6) is 1.89. The molecule has 110 valence electrons. The van der Waals surface area contributed by atoms with Crippen LogP contribution in [0, 0.1) is 0 Å². The van der Waals surface area contributed by atoms with E-state index in [2.05, 4.69) is 30.0 Å². The number of aromatic nitrogens is 1. The molecule has 0 spiro atoms. The molecule has 1 aromatic heterocycles. The highest BCUT2D eigenvalue weighted by atomic mass is 16.5. The minimum absolute atomic E-state index is 0.536. The maximum Gasteiger partial charge on any atom is 0.142 e. The summed E-state index contributed by atoms with van der Waals surface area (Å²) in [7, 11) is 0. The number of para-hydroxylation sites is 2. The molecule has 4 nitrogen and oxygen atoms in total. The zero-order valence-electron chi connectivity index (χ0n) is 12.4. The summed E-state index contributed by atoms with van der Waals surface area (Å²) < 4.78 is 5.82. The molecule has 0 unspecified atom stereocenters. The largest absolute Gasteiger partial charge is 0.491 e. The minimum Gasteiger partial charge on any atom is -0.491 e. The topological polar surface area (TPSA) is 51.4 Å². The summed E-state index contributed by atoms with van der Waals surface area (Å²) in [6, 6.07) is 12.3. The van der Waals surface area contributed by atoms with Gasteiger partial charge in [-0.15, -0.1) is 0 Å². The maximum atomic E-state index is 5.83. The number of nitrogens with zero attached hydrogens (tertiary/aromatic N) is 2. The molecule has 0 saturated heterocycles. The highest BCUT2D eigenvalue weighted by molar-refractivity contribution is 5.68. The lowest BCUT2D eigenvalue weighted by Crippen LogP contribution is -2.20. The van der Waals surface area contributed by atoms with Crippen LogP contribution in [0.15, 0.2) is 36.4 Å². The molecule has 0 amide bonds. The first-order valence-electron chi connectivity index (χ1n) is 7.51. The molecule has 0 radical (unpaired) electrons. The lowest BCUT2D eigenvalue weighted by molar-refractivity contribution is 0.322. The van der Waals surface area contributed by atoms with Crippen LogP contribution in [-0.4, -0.2) is 18.1 Å². The predicted octanol–water partition coefficient (Wildman–Crippen LogP) is 3.02. The van der Waals surface area contributed by atoms with E-state index in [0.29, 0.717) is 6.54 Å². The molecule has 2 aromatic rings. The second kappa shape index (κ2) is 6.14. The zero-order valence-corrected chi connectivity index (χ0v) is 12.4. The second-order valence-electron chi connectivity index (χ2n) is 5.20. The Morgan fingerprint density at radius 3 is 2.95 bits per heavy atom. The number of hydrogen-bond acceptors (Lipinski definition) is 4. The Morgan fingerprint density at radius 2 is 2.14 bits per heavy atom. The van der Waals surface area contributed by atoms with Crippen LogP contribution < -0.4 is 15.4 Å². The van der Waals surface area contributed by atoms with E-state index in [1.807, 2.05) is 18.2 Å². The maximum absolute atomic E-state index is 5.83. The van der Waals surface area contributed by atoms with Crippen LogP contribution in [0.2, 0.25) is 0 Å². The molecule has 0 bridgehead atoms. The molecule has 1 aromatic carbocycles. The van der Waals surface area contributed by atoms with Gasteiger partial charge in [0.15, 0.2) is 0 Å². The van der Waals surface area contributed by atoms with Gasteiger partial charge in [0.05, 0.1) is 12.3 Å². The Morgan fingerprint density at radius 1 is 1.29 bits per heavy atom. The molecule has 0 saturated carbocycles. The fourth-order valence-corrected chi connectivity index (χ4v) is 2.64. The van der Waals surface area contributed by atoms with Gasteiger partial charge in [-0.05, 0) is 42.7 Å². The number of fused-ring (bicyclic) bond motifs is 1. The molecule has 2 N–H and O–H groups in total. The van der Waals surface area contributed by atoms with Gasteiger partial charge < -0.3 is 15.4 Å². The number of pyridine rings is 1. The molecular weight excluding hydrogens is 262 g/mol. The predicted molar refractivity (Wildman–Crippen MR) is 85.1 cm³/mol. The van der Waals surface area contributed by atoms with Gasteiger partial charge >= 0.3 is 0 Å². The van der Waals surface area contributed by atoms with Crippen LogP contribution >= 0.6 is 0 Å². The SMILES string of the molecule is CCc1cc(CN)cc(N2CCCOc3ccccc32)n1. The van der Waals surface area contributed by atoms with Crippen molar-refractivity contribution in [3.8, 4) is 5.75 Å². The molecule has 0 fully saturated rings. The number of ether oxygens (including phenoxy) is 1. The fourth-order valence-electron chi connectivity index (χ4n) is 2.64. The number of anilines is 2. The molecule has 0 atom stereocenters. The number of hydrogen-bond donors (Lipinski definition) is 1. The Bertz CT molecular complexity index is 605. The van der Waals surface area contributed by atoms with Gasteiger partial charge in [0.25, 0.3) is 0 Å². The molecule has 21 heavy (non-hydrogen) atoms. The molecule has 2 heterocycles. The second-order valence-corrected chi connectivity index (χ2v) is 5.20. The number of aryl methyl sites for hydroxylation is 1. The first-order chi connectivity index (χ1) is 10.3. The van der Waals surface area contributed by atoms with Crippen molar-refractivity contribution in [2.24, 2.45) is 5.73 Å². The standard InChI is InChI=1S/C17H21N3O/c1-2-14-10-13(12-18)11-17(19-14)20-8-5-9-21-16-7-4-3-6-15(16)20/h3-4,6-7,10-11H,2,5,8-9,12,18H2,1H3. The van der Waals surface area contributed by atoms with Crippen LogP contribution in [0.5, 0.6) is 5.75 Å². The van der Waals surface area contributed by atoms with Crippen molar-refractivity contribution in [1.82, 2.24) is 4.98 Å². The Hall–Kier alpha value is -2.07. The number of benzene rings is 1. The summed E-state index contributed by atoms with van der Waals surface area (Å²) >= 11 is 0. The van der Waals surface area contributed by atoms with Gasteiger partial charge in [-0.25, -0.2) is 4.98 Å². The summed E-state index contributed by atoms with van der Waals surface area (Å²) in [6.07, 6.45) is 1.89. The molecule has 4 heteroatoms. The Balaban J connectivity index is 2.07.